The number of unbranched alkanes of at least 4 members (excludes halogenated alkanes) is 1. The topological polar surface area (TPSA) is 73.5 Å². The van der Waals surface area contributed by atoms with Gasteiger partial charge in [0.25, 0.3) is 5.91 Å². The van der Waals surface area contributed by atoms with E-state index in [1.54, 1.807) is 34.5 Å². The average molecular weight is 420 g/mol. The predicted octanol–water partition coefficient (Wildman–Crippen LogP) is 4.02. The molecule has 6 nitrogen and oxygen atoms in total. The number of hydrogen-bond acceptors (Lipinski definition) is 3. The van der Waals surface area contributed by atoms with Crippen LogP contribution in [0.3, 0.4) is 0 Å². The molecule has 1 aliphatic rings. The van der Waals surface area contributed by atoms with E-state index in [2.05, 4.69) is 25.8 Å². The van der Waals surface area contributed by atoms with Crippen LogP contribution in [0.15, 0.2) is 23.1 Å². The lowest BCUT2D eigenvalue weighted by Crippen LogP contribution is -2.42. The van der Waals surface area contributed by atoms with Crippen LogP contribution in [-0.2, 0) is 10.0 Å². The fourth-order valence-corrected chi connectivity index (χ4v) is 6.03. The Morgan fingerprint density at radius 3 is 2.52 bits per heavy atom. The minimum atomic E-state index is -3.55. The Morgan fingerprint density at radius 2 is 1.90 bits per heavy atom. The summed E-state index contributed by atoms with van der Waals surface area (Å²) in [5.41, 5.74) is 2.12. The molecule has 1 aliphatic heterocycles. The Kier molecular flexibility index (Phi) is 6.39. The molecule has 0 radical (unpaired) electrons. The molecule has 1 aromatic heterocycles. The van der Waals surface area contributed by atoms with E-state index in [1.165, 1.54) is 0 Å². The summed E-state index contributed by atoms with van der Waals surface area (Å²) in [6.07, 6.45) is 3.04. The number of sulfonamides is 1. The number of hydrogen-bond donors (Lipinski definition) is 1. The molecule has 1 amide bonds. The number of nitrogens with zero attached hydrogens (tertiary/aromatic N) is 2. The number of carbonyl (C=O) groups excluding carboxylic acids is 1. The first-order valence-corrected chi connectivity index (χ1v) is 12.0. The summed E-state index contributed by atoms with van der Waals surface area (Å²) in [5.74, 6) is 0.651. The van der Waals surface area contributed by atoms with Crippen molar-refractivity contribution in [3.8, 4) is 0 Å². The highest BCUT2D eigenvalue weighted by Gasteiger charge is 2.32. The summed E-state index contributed by atoms with van der Waals surface area (Å²) in [4.78, 5) is 18.0. The van der Waals surface area contributed by atoms with Crippen molar-refractivity contribution in [2.45, 2.75) is 51.9 Å². The molecule has 0 aliphatic carbocycles. The van der Waals surface area contributed by atoms with Gasteiger partial charge in [0.1, 0.15) is 5.69 Å². The van der Waals surface area contributed by atoms with E-state index in [4.69, 9.17) is 0 Å². The lowest BCUT2D eigenvalue weighted by Gasteiger charge is -2.34. The van der Waals surface area contributed by atoms with Crippen molar-refractivity contribution in [1.82, 2.24) is 14.2 Å². The summed E-state index contributed by atoms with van der Waals surface area (Å²) >= 11 is 0. The Balaban J connectivity index is 1.94. The van der Waals surface area contributed by atoms with Gasteiger partial charge in [-0.3, -0.25) is 4.79 Å². The molecule has 29 heavy (non-hydrogen) atoms. The zero-order chi connectivity index (χ0) is 21.3. The second-order valence-corrected chi connectivity index (χ2v) is 10.6. The molecule has 3 rings (SSSR count). The van der Waals surface area contributed by atoms with Crippen molar-refractivity contribution in [3.05, 3.63) is 29.5 Å². The lowest BCUT2D eigenvalue weighted by atomic mass is 9.94. The molecule has 0 bridgehead atoms. The van der Waals surface area contributed by atoms with E-state index < -0.39 is 10.0 Å². The fourth-order valence-electron chi connectivity index (χ4n) is 4.32. The van der Waals surface area contributed by atoms with E-state index in [-0.39, 0.29) is 5.91 Å². The summed E-state index contributed by atoms with van der Waals surface area (Å²) in [6.45, 7) is 10.00. The second-order valence-electron chi connectivity index (χ2n) is 8.68. The van der Waals surface area contributed by atoms with Crippen molar-refractivity contribution in [1.29, 1.82) is 0 Å². The quantitative estimate of drug-likeness (QED) is 0.769. The smallest absolute Gasteiger partial charge is 0.270 e. The summed E-state index contributed by atoms with van der Waals surface area (Å²) in [6, 6.07) is 5.13. The Morgan fingerprint density at radius 1 is 1.24 bits per heavy atom. The van der Waals surface area contributed by atoms with Crippen LogP contribution >= 0.6 is 0 Å². The van der Waals surface area contributed by atoms with E-state index in [0.717, 1.165) is 35.7 Å². The minimum Gasteiger partial charge on any atom is -0.350 e. The molecule has 0 spiro atoms. The summed E-state index contributed by atoms with van der Waals surface area (Å²) < 4.78 is 28.1. The van der Waals surface area contributed by atoms with E-state index in [0.29, 0.717) is 42.1 Å². The van der Waals surface area contributed by atoms with Crippen LogP contribution < -0.4 is 0 Å². The van der Waals surface area contributed by atoms with Crippen LogP contribution in [0.4, 0.5) is 0 Å². The largest absolute Gasteiger partial charge is 0.350 e. The number of nitrogens with one attached hydrogen (secondary N) is 1. The van der Waals surface area contributed by atoms with Crippen molar-refractivity contribution in [2.75, 3.05) is 26.7 Å². The molecule has 1 fully saturated rings. The minimum absolute atomic E-state index is 0.0600. The zero-order valence-electron chi connectivity index (χ0n) is 18.2. The fraction of sp³-hybridized carbons (Fsp3) is 0.591. The molecule has 2 heterocycles. The SMILES string of the molecule is CCCCN(C)C(=O)c1[nH]c2ccc(S(=O)(=O)N3CC(C)CC(C)C3)cc2c1C. The third-order valence-corrected chi connectivity index (χ3v) is 7.74. The number of aromatic amines is 1. The molecule has 1 saturated heterocycles. The van der Waals surface area contributed by atoms with Crippen LogP contribution in [0.25, 0.3) is 10.9 Å². The Bertz CT molecular complexity index is 986. The zero-order valence-corrected chi connectivity index (χ0v) is 19.0. The molecule has 7 heteroatoms. The van der Waals surface area contributed by atoms with Gasteiger partial charge in [0.05, 0.1) is 4.90 Å². The molecular formula is C22H33N3O3S. The highest BCUT2D eigenvalue weighted by Crippen LogP contribution is 2.30. The summed E-state index contributed by atoms with van der Waals surface area (Å²) in [7, 11) is -1.75. The van der Waals surface area contributed by atoms with Crippen LogP contribution in [0, 0.1) is 18.8 Å². The molecule has 2 aromatic rings. The van der Waals surface area contributed by atoms with Gasteiger partial charge in [0.15, 0.2) is 0 Å². The maximum Gasteiger partial charge on any atom is 0.270 e. The number of aryl methyl sites for hydroxylation is 1. The van der Waals surface area contributed by atoms with Gasteiger partial charge in [-0.25, -0.2) is 8.42 Å². The predicted molar refractivity (Wildman–Crippen MR) is 117 cm³/mol. The maximum atomic E-state index is 13.2. The average Bonchev–Trinajstić information content (AvgIpc) is 3.00. The van der Waals surface area contributed by atoms with Gasteiger partial charge in [0.2, 0.25) is 10.0 Å². The third kappa shape index (κ3) is 4.36. The number of fused-ring (bicyclic) bond motifs is 1. The van der Waals surface area contributed by atoms with Crippen molar-refractivity contribution in [2.24, 2.45) is 11.8 Å². The molecule has 2 atom stereocenters. The van der Waals surface area contributed by atoms with Crippen molar-refractivity contribution < 1.29 is 13.2 Å². The van der Waals surface area contributed by atoms with Gasteiger partial charge in [-0.05, 0) is 55.4 Å². The van der Waals surface area contributed by atoms with Gasteiger partial charge in [-0.2, -0.15) is 4.31 Å². The first-order chi connectivity index (χ1) is 13.6. The van der Waals surface area contributed by atoms with E-state index in [9.17, 15) is 13.2 Å². The number of amides is 1. The number of aromatic nitrogens is 1. The number of carbonyl (C=O) groups is 1. The number of H-pyrrole nitrogens is 1. The summed E-state index contributed by atoms with van der Waals surface area (Å²) in [5, 5.41) is 0.788. The Labute approximate surface area is 174 Å². The molecule has 160 valence electrons. The van der Waals surface area contributed by atoms with Crippen molar-refractivity contribution in [3.63, 3.8) is 0 Å². The van der Waals surface area contributed by atoms with E-state index >= 15 is 0 Å². The third-order valence-electron chi connectivity index (χ3n) is 5.91. The highest BCUT2D eigenvalue weighted by molar-refractivity contribution is 7.89. The highest BCUT2D eigenvalue weighted by atomic mass is 32.2. The van der Waals surface area contributed by atoms with Crippen LogP contribution in [0.1, 0.15) is 56.1 Å². The van der Waals surface area contributed by atoms with Crippen LogP contribution in [-0.4, -0.2) is 55.2 Å². The van der Waals surface area contributed by atoms with Gasteiger partial charge >= 0.3 is 0 Å². The van der Waals surface area contributed by atoms with Crippen LogP contribution in [0.2, 0.25) is 0 Å². The Hall–Kier alpha value is -1.86. The van der Waals surface area contributed by atoms with Gasteiger partial charge < -0.3 is 9.88 Å². The second kappa shape index (κ2) is 8.48. The lowest BCUT2D eigenvalue weighted by molar-refractivity contribution is 0.0787. The number of rotatable bonds is 6. The van der Waals surface area contributed by atoms with Gasteiger partial charge in [-0.1, -0.05) is 27.2 Å². The maximum absolute atomic E-state index is 13.2. The number of benzene rings is 1. The van der Waals surface area contributed by atoms with Crippen LogP contribution in [0.5, 0.6) is 0 Å². The molecule has 0 saturated carbocycles. The first kappa shape index (κ1) is 21.8. The molecule has 2 unspecified atom stereocenters. The van der Waals surface area contributed by atoms with Gasteiger partial charge in [0, 0.05) is 37.6 Å². The molecular weight excluding hydrogens is 386 g/mol. The van der Waals surface area contributed by atoms with E-state index in [1.807, 2.05) is 6.92 Å². The normalized spacial score (nSPS) is 20.9. The monoisotopic (exact) mass is 419 g/mol. The molecule has 1 aromatic carbocycles. The van der Waals surface area contributed by atoms with Gasteiger partial charge in [-0.15, -0.1) is 0 Å². The number of piperidine rings is 1. The molecule has 1 N–H and O–H groups in total. The standard InChI is InChI=1S/C22H33N3O3S/c1-6-7-10-24(5)22(26)21-17(4)19-12-18(8-9-20(19)23-21)29(27,28)25-13-15(2)11-16(3)14-25/h8-9,12,15-16,23H,6-7,10-11,13-14H2,1-5H3. The van der Waals surface area contributed by atoms with Crippen molar-refractivity contribution >= 4 is 26.8 Å². The first-order valence-electron chi connectivity index (χ1n) is 10.5.